The van der Waals surface area contributed by atoms with Crippen molar-refractivity contribution in [2.75, 3.05) is 0 Å². The summed E-state index contributed by atoms with van der Waals surface area (Å²) in [5.74, 6) is -4.69. The van der Waals surface area contributed by atoms with Crippen molar-refractivity contribution in [2.24, 2.45) is 0 Å². The predicted octanol–water partition coefficient (Wildman–Crippen LogP) is 9.34. The SMILES string of the molecule is [C-]#[N+]c1c(F)c2cc(c1F)C(C)(C)c1cc(c(F)c(C#N)c1F)-n1cc(-c3ccccc3)c(n1)C(C)(C)c1nn-2cc1-c1ccccc1. The van der Waals surface area contributed by atoms with E-state index in [1.165, 1.54) is 35.3 Å². The summed E-state index contributed by atoms with van der Waals surface area (Å²) in [5.41, 5.74) is -1.77. The first-order valence-electron chi connectivity index (χ1n) is 15.0. The molecule has 0 fully saturated rings. The Bertz CT molecular complexity index is 2190. The van der Waals surface area contributed by atoms with E-state index in [1.807, 2.05) is 74.5 Å². The lowest BCUT2D eigenvalue weighted by Gasteiger charge is -2.29. The number of aromatic nitrogens is 4. The van der Waals surface area contributed by atoms with E-state index < -0.39 is 45.3 Å². The number of hydrogen-bond acceptors (Lipinski definition) is 3. The van der Waals surface area contributed by atoms with Crippen LogP contribution in [0.15, 0.2) is 85.2 Å². The van der Waals surface area contributed by atoms with Crippen LogP contribution in [0, 0.1) is 41.2 Å². The van der Waals surface area contributed by atoms with Gasteiger partial charge in [0, 0.05) is 34.5 Å². The topological polar surface area (TPSA) is 63.8 Å². The lowest BCUT2D eigenvalue weighted by atomic mass is 9.76. The Hall–Kier alpha value is -6.00. The zero-order chi connectivity index (χ0) is 34.1. The van der Waals surface area contributed by atoms with Crippen molar-refractivity contribution in [1.82, 2.24) is 19.6 Å². The highest BCUT2D eigenvalue weighted by atomic mass is 19.1. The second-order valence-electron chi connectivity index (χ2n) is 12.7. The lowest BCUT2D eigenvalue weighted by molar-refractivity contribution is 0.496. The summed E-state index contributed by atoms with van der Waals surface area (Å²) >= 11 is 0. The Morgan fingerprint density at radius 2 is 1.12 bits per heavy atom. The molecule has 6 aromatic rings. The monoisotopic (exact) mass is 642 g/mol. The van der Waals surface area contributed by atoms with Crippen molar-refractivity contribution in [3.8, 4) is 39.7 Å². The number of rotatable bonds is 2. The fourth-order valence-corrected chi connectivity index (χ4v) is 6.50. The molecule has 1 aliphatic rings. The van der Waals surface area contributed by atoms with Crippen molar-refractivity contribution in [1.29, 1.82) is 5.26 Å². The Morgan fingerprint density at radius 1 is 0.667 bits per heavy atom. The van der Waals surface area contributed by atoms with Gasteiger partial charge in [0.15, 0.2) is 11.6 Å². The summed E-state index contributed by atoms with van der Waals surface area (Å²) in [5, 5.41) is 19.7. The smallest absolute Gasteiger partial charge is 0.238 e. The van der Waals surface area contributed by atoms with Crippen molar-refractivity contribution in [3.05, 3.63) is 148 Å². The molecule has 0 amide bonds. The molecule has 4 aromatic carbocycles. The zero-order valence-corrected chi connectivity index (χ0v) is 26.3. The summed E-state index contributed by atoms with van der Waals surface area (Å²) in [6.07, 6.45) is 3.22. The van der Waals surface area contributed by atoms with Crippen LogP contribution in [-0.4, -0.2) is 19.6 Å². The maximum absolute atomic E-state index is 16.2. The van der Waals surface area contributed by atoms with Crippen molar-refractivity contribution in [3.63, 3.8) is 0 Å². The van der Waals surface area contributed by atoms with Crippen molar-refractivity contribution < 1.29 is 17.6 Å². The molecule has 0 spiro atoms. The summed E-state index contributed by atoms with van der Waals surface area (Å²) in [4.78, 5) is 3.17. The molecule has 0 saturated heterocycles. The third-order valence-electron chi connectivity index (χ3n) is 9.19. The number of nitriles is 1. The van der Waals surface area contributed by atoms with Crippen LogP contribution in [0.3, 0.4) is 0 Å². The largest absolute Gasteiger partial charge is 0.259 e. The molecule has 0 aliphatic carbocycles. The van der Waals surface area contributed by atoms with Crippen LogP contribution in [0.4, 0.5) is 23.2 Å². The third kappa shape index (κ3) is 4.37. The highest BCUT2D eigenvalue weighted by Gasteiger charge is 2.39. The molecule has 236 valence electrons. The molecular weight excluding hydrogens is 616 g/mol. The van der Waals surface area contributed by atoms with Gasteiger partial charge < -0.3 is 0 Å². The molecule has 48 heavy (non-hydrogen) atoms. The second-order valence-corrected chi connectivity index (χ2v) is 12.7. The van der Waals surface area contributed by atoms with Gasteiger partial charge in [0.05, 0.1) is 29.1 Å². The van der Waals surface area contributed by atoms with E-state index in [0.29, 0.717) is 22.5 Å². The van der Waals surface area contributed by atoms with E-state index in [-0.39, 0.29) is 22.5 Å². The molecule has 1 aliphatic heterocycles. The zero-order valence-electron chi connectivity index (χ0n) is 26.3. The molecule has 8 bridgehead atoms. The maximum atomic E-state index is 16.2. The van der Waals surface area contributed by atoms with Crippen LogP contribution in [0.25, 0.3) is 38.5 Å². The Balaban J connectivity index is 1.69. The molecule has 0 radical (unpaired) electrons. The lowest BCUT2D eigenvalue weighted by Crippen LogP contribution is -2.26. The first kappa shape index (κ1) is 30.6. The van der Waals surface area contributed by atoms with Crippen molar-refractivity contribution in [2.45, 2.75) is 38.5 Å². The minimum Gasteiger partial charge on any atom is -0.238 e. The standard InChI is InChI=1S/C38H26F4N6/c1-37(2)26-16-28(31(40)23(18-43)30(26)39)47-19-24(21-12-8-6-9-13-21)35(45-47)38(3,4)36-25(22-14-10-7-11-15-22)20-48(46-36)29-17-27(37)32(41)34(44-5)33(29)42/h6-17,19-20H,1-4H3. The Morgan fingerprint density at radius 3 is 1.58 bits per heavy atom. The highest BCUT2D eigenvalue weighted by molar-refractivity contribution is 5.73. The Labute approximate surface area is 274 Å². The van der Waals surface area contributed by atoms with Gasteiger partial charge in [-0.1, -0.05) is 74.5 Å². The van der Waals surface area contributed by atoms with E-state index in [2.05, 4.69) is 4.85 Å². The average Bonchev–Trinajstić information content (AvgIpc) is 3.73. The Kier molecular flexibility index (Phi) is 6.88. The van der Waals surface area contributed by atoms with Gasteiger partial charge in [0.2, 0.25) is 0 Å². The number of benzene rings is 4. The van der Waals surface area contributed by atoms with Crippen LogP contribution in [0.5, 0.6) is 0 Å². The summed E-state index contributed by atoms with van der Waals surface area (Å²) < 4.78 is 67.1. The van der Waals surface area contributed by atoms with Crippen LogP contribution >= 0.6 is 0 Å². The predicted molar refractivity (Wildman–Crippen MR) is 173 cm³/mol. The van der Waals surface area contributed by atoms with Gasteiger partial charge in [-0.25, -0.2) is 31.8 Å². The number of hydrogen-bond donors (Lipinski definition) is 0. The van der Waals surface area contributed by atoms with Crippen LogP contribution in [0.2, 0.25) is 0 Å². The van der Waals surface area contributed by atoms with Gasteiger partial charge in [0.25, 0.3) is 5.69 Å². The number of fused-ring (bicyclic) bond motifs is 10. The van der Waals surface area contributed by atoms with Crippen LogP contribution < -0.4 is 0 Å². The highest BCUT2D eigenvalue weighted by Crippen LogP contribution is 2.45. The minimum atomic E-state index is -1.65. The van der Waals surface area contributed by atoms with E-state index in [4.69, 9.17) is 16.8 Å². The molecule has 0 N–H and O–H groups in total. The van der Waals surface area contributed by atoms with Gasteiger partial charge in [-0.05, 0) is 42.7 Å². The third-order valence-corrected chi connectivity index (χ3v) is 9.19. The van der Waals surface area contributed by atoms with E-state index in [0.717, 1.165) is 11.1 Å². The fraction of sp³-hybridized carbons (Fsp3) is 0.158. The minimum absolute atomic E-state index is 0.237. The normalized spacial score (nSPS) is 14.1. The molecule has 2 aromatic heterocycles. The molecule has 6 nitrogen and oxygen atoms in total. The maximum Gasteiger partial charge on any atom is 0.259 e. The molecule has 3 heterocycles. The van der Waals surface area contributed by atoms with Crippen LogP contribution in [-0.2, 0) is 10.8 Å². The first-order valence-corrected chi connectivity index (χ1v) is 15.0. The average molecular weight is 643 g/mol. The molecule has 0 unspecified atom stereocenters. The first-order chi connectivity index (χ1) is 22.9. The molecule has 10 heteroatoms. The van der Waals surface area contributed by atoms with Gasteiger partial charge in [-0.2, -0.15) is 15.5 Å². The number of halogens is 4. The van der Waals surface area contributed by atoms with Crippen LogP contribution in [0.1, 0.15) is 55.8 Å². The van der Waals surface area contributed by atoms with E-state index >= 15 is 17.6 Å². The van der Waals surface area contributed by atoms with Gasteiger partial charge in [-0.15, -0.1) is 0 Å². The van der Waals surface area contributed by atoms with Gasteiger partial charge in [-0.3, -0.25) is 0 Å². The number of nitrogens with zero attached hydrogens (tertiary/aromatic N) is 6. The van der Waals surface area contributed by atoms with Crippen molar-refractivity contribution >= 4 is 5.69 Å². The van der Waals surface area contributed by atoms with E-state index in [9.17, 15) is 5.26 Å². The van der Waals surface area contributed by atoms with E-state index in [1.54, 1.807) is 18.5 Å². The summed E-state index contributed by atoms with van der Waals surface area (Å²) in [6, 6.07) is 22.6. The molecule has 0 saturated carbocycles. The summed E-state index contributed by atoms with van der Waals surface area (Å²) in [6.45, 7) is 14.3. The van der Waals surface area contributed by atoms with Gasteiger partial charge in [0.1, 0.15) is 29.0 Å². The summed E-state index contributed by atoms with van der Waals surface area (Å²) in [7, 11) is 0. The molecule has 0 atom stereocenters. The second kappa shape index (κ2) is 10.8. The molecule has 7 rings (SSSR count). The molecular formula is C38H26F4N6. The fourth-order valence-electron chi connectivity index (χ4n) is 6.50. The quantitative estimate of drug-likeness (QED) is 0.140. The van der Waals surface area contributed by atoms with Gasteiger partial charge >= 0.3 is 0 Å².